The van der Waals surface area contributed by atoms with Gasteiger partial charge in [0.25, 0.3) is 5.91 Å². The third kappa shape index (κ3) is 3.74. The SMILES string of the molecule is CCc1ccc(O)c(C(=O)N(C)Cc2ccc(OC)c(O)c2)c1. The monoisotopic (exact) mass is 315 g/mol. The van der Waals surface area contributed by atoms with Crippen molar-refractivity contribution >= 4 is 5.91 Å². The number of phenolic OH excluding ortho intramolecular Hbond substituents is 2. The third-order valence-corrected chi connectivity index (χ3v) is 3.71. The van der Waals surface area contributed by atoms with Gasteiger partial charge in [-0.1, -0.05) is 19.1 Å². The summed E-state index contributed by atoms with van der Waals surface area (Å²) < 4.78 is 5.00. The molecule has 2 aromatic rings. The summed E-state index contributed by atoms with van der Waals surface area (Å²) in [6.07, 6.45) is 0.788. The zero-order valence-electron chi connectivity index (χ0n) is 13.5. The Labute approximate surface area is 135 Å². The lowest BCUT2D eigenvalue weighted by molar-refractivity contribution is 0.0782. The summed E-state index contributed by atoms with van der Waals surface area (Å²) in [6.45, 7) is 2.30. The molecule has 0 saturated carbocycles. The van der Waals surface area contributed by atoms with Gasteiger partial charge in [-0.2, -0.15) is 0 Å². The predicted molar refractivity (Wildman–Crippen MR) is 87.9 cm³/mol. The Morgan fingerprint density at radius 3 is 2.39 bits per heavy atom. The Bertz CT molecular complexity index is 712. The first-order chi connectivity index (χ1) is 11.0. The molecule has 0 aliphatic heterocycles. The molecule has 0 aliphatic rings. The maximum atomic E-state index is 12.5. The van der Waals surface area contributed by atoms with E-state index in [1.54, 1.807) is 43.4 Å². The van der Waals surface area contributed by atoms with Crippen molar-refractivity contribution in [2.45, 2.75) is 19.9 Å². The van der Waals surface area contributed by atoms with Crippen LogP contribution in [0.15, 0.2) is 36.4 Å². The van der Waals surface area contributed by atoms with Gasteiger partial charge < -0.3 is 19.8 Å². The fourth-order valence-electron chi connectivity index (χ4n) is 2.36. The number of carbonyl (C=O) groups excluding carboxylic acids is 1. The molecule has 0 heterocycles. The second-order valence-corrected chi connectivity index (χ2v) is 5.37. The zero-order chi connectivity index (χ0) is 17.0. The molecule has 0 aromatic heterocycles. The zero-order valence-corrected chi connectivity index (χ0v) is 13.5. The Kier molecular flexibility index (Phi) is 5.11. The summed E-state index contributed by atoms with van der Waals surface area (Å²) in [5.74, 6) is 0.113. The van der Waals surface area contributed by atoms with Crippen LogP contribution in [-0.4, -0.2) is 35.2 Å². The highest BCUT2D eigenvalue weighted by atomic mass is 16.5. The van der Waals surface area contributed by atoms with Crippen LogP contribution in [0.25, 0.3) is 0 Å². The molecule has 0 fully saturated rings. The minimum Gasteiger partial charge on any atom is -0.507 e. The number of hydrogen-bond donors (Lipinski definition) is 2. The summed E-state index contributed by atoms with van der Waals surface area (Å²) in [5.41, 5.74) is 2.04. The summed E-state index contributed by atoms with van der Waals surface area (Å²) in [7, 11) is 3.13. The normalized spacial score (nSPS) is 10.4. The lowest BCUT2D eigenvalue weighted by Crippen LogP contribution is -2.26. The van der Waals surface area contributed by atoms with Gasteiger partial charge in [0, 0.05) is 13.6 Å². The number of aromatic hydroxyl groups is 2. The van der Waals surface area contributed by atoms with Crippen LogP contribution in [0.1, 0.15) is 28.4 Å². The Balaban J connectivity index is 2.18. The number of hydrogen-bond acceptors (Lipinski definition) is 4. The van der Waals surface area contributed by atoms with Crippen molar-refractivity contribution in [3.63, 3.8) is 0 Å². The van der Waals surface area contributed by atoms with E-state index in [1.807, 2.05) is 6.92 Å². The molecule has 2 N–H and O–H groups in total. The second kappa shape index (κ2) is 7.05. The molecule has 5 heteroatoms. The second-order valence-electron chi connectivity index (χ2n) is 5.37. The van der Waals surface area contributed by atoms with Gasteiger partial charge in [-0.05, 0) is 41.8 Å². The molecule has 0 radical (unpaired) electrons. The first kappa shape index (κ1) is 16.7. The van der Waals surface area contributed by atoms with Gasteiger partial charge in [0.15, 0.2) is 11.5 Å². The smallest absolute Gasteiger partial charge is 0.257 e. The number of aryl methyl sites for hydroxylation is 1. The van der Waals surface area contributed by atoms with Crippen molar-refractivity contribution in [2.24, 2.45) is 0 Å². The van der Waals surface area contributed by atoms with Crippen LogP contribution in [0.4, 0.5) is 0 Å². The standard InChI is InChI=1S/C18H21NO4/c1-4-12-5-7-15(20)14(9-12)18(22)19(2)11-13-6-8-17(23-3)16(21)10-13/h5-10,20-21H,4,11H2,1-3H3. The number of phenols is 2. The average molecular weight is 315 g/mol. The van der Waals surface area contributed by atoms with Crippen molar-refractivity contribution in [3.05, 3.63) is 53.1 Å². The van der Waals surface area contributed by atoms with Crippen molar-refractivity contribution in [1.29, 1.82) is 0 Å². The fourth-order valence-corrected chi connectivity index (χ4v) is 2.36. The highest BCUT2D eigenvalue weighted by molar-refractivity contribution is 5.96. The molecule has 5 nitrogen and oxygen atoms in total. The fraction of sp³-hybridized carbons (Fsp3) is 0.278. The van der Waals surface area contributed by atoms with Crippen LogP contribution in [-0.2, 0) is 13.0 Å². The molecular formula is C18H21NO4. The largest absolute Gasteiger partial charge is 0.507 e. The number of methoxy groups -OCH3 is 1. The summed E-state index contributed by atoms with van der Waals surface area (Å²) in [5, 5.41) is 19.7. The van der Waals surface area contributed by atoms with Crippen LogP contribution in [0.5, 0.6) is 17.2 Å². The van der Waals surface area contributed by atoms with E-state index in [0.29, 0.717) is 12.3 Å². The number of nitrogens with zero attached hydrogens (tertiary/aromatic N) is 1. The first-order valence-corrected chi connectivity index (χ1v) is 7.39. The van der Waals surface area contributed by atoms with Gasteiger partial charge in [0.05, 0.1) is 12.7 Å². The van der Waals surface area contributed by atoms with Crippen LogP contribution < -0.4 is 4.74 Å². The number of rotatable bonds is 5. The van der Waals surface area contributed by atoms with Crippen LogP contribution in [0, 0.1) is 0 Å². The molecule has 0 bridgehead atoms. The van der Waals surface area contributed by atoms with E-state index in [-0.39, 0.29) is 23.0 Å². The van der Waals surface area contributed by atoms with Gasteiger partial charge in [-0.15, -0.1) is 0 Å². The van der Waals surface area contributed by atoms with Crippen molar-refractivity contribution in [3.8, 4) is 17.2 Å². The molecule has 2 rings (SSSR count). The van der Waals surface area contributed by atoms with Gasteiger partial charge in [0.2, 0.25) is 0 Å². The number of benzene rings is 2. The minimum atomic E-state index is -0.270. The van der Waals surface area contributed by atoms with E-state index in [4.69, 9.17) is 4.74 Å². The Morgan fingerprint density at radius 2 is 1.78 bits per heavy atom. The van der Waals surface area contributed by atoms with E-state index < -0.39 is 0 Å². The van der Waals surface area contributed by atoms with E-state index in [1.165, 1.54) is 12.0 Å². The van der Waals surface area contributed by atoms with Crippen LogP contribution >= 0.6 is 0 Å². The highest BCUT2D eigenvalue weighted by Gasteiger charge is 2.17. The molecule has 122 valence electrons. The minimum absolute atomic E-state index is 0.0293. The van der Waals surface area contributed by atoms with Crippen molar-refractivity contribution in [2.75, 3.05) is 14.2 Å². The summed E-state index contributed by atoms with van der Waals surface area (Å²) in [4.78, 5) is 14.0. The topological polar surface area (TPSA) is 70.0 Å². The maximum absolute atomic E-state index is 12.5. The molecule has 23 heavy (non-hydrogen) atoms. The Hall–Kier alpha value is -2.69. The highest BCUT2D eigenvalue weighted by Crippen LogP contribution is 2.27. The van der Waals surface area contributed by atoms with Crippen molar-refractivity contribution < 1.29 is 19.7 Å². The predicted octanol–water partition coefficient (Wildman–Crippen LogP) is 2.94. The van der Waals surface area contributed by atoms with Gasteiger partial charge in [0.1, 0.15) is 5.75 Å². The maximum Gasteiger partial charge on any atom is 0.257 e. The van der Waals surface area contributed by atoms with E-state index >= 15 is 0 Å². The molecule has 0 atom stereocenters. The summed E-state index contributed by atoms with van der Waals surface area (Å²) in [6, 6.07) is 10.0. The average Bonchev–Trinajstić information content (AvgIpc) is 2.55. The molecule has 1 amide bonds. The number of ether oxygens (including phenoxy) is 1. The van der Waals surface area contributed by atoms with Gasteiger partial charge in [-0.3, -0.25) is 4.79 Å². The first-order valence-electron chi connectivity index (χ1n) is 7.39. The van der Waals surface area contributed by atoms with Crippen molar-refractivity contribution in [1.82, 2.24) is 4.90 Å². The van der Waals surface area contributed by atoms with E-state index in [2.05, 4.69) is 0 Å². The van der Waals surface area contributed by atoms with Gasteiger partial charge in [-0.25, -0.2) is 0 Å². The van der Waals surface area contributed by atoms with E-state index in [9.17, 15) is 15.0 Å². The molecule has 0 spiro atoms. The van der Waals surface area contributed by atoms with Crippen LogP contribution in [0.3, 0.4) is 0 Å². The summed E-state index contributed by atoms with van der Waals surface area (Å²) >= 11 is 0. The molecule has 0 aliphatic carbocycles. The number of carbonyl (C=O) groups is 1. The van der Waals surface area contributed by atoms with Crippen LogP contribution in [0.2, 0.25) is 0 Å². The third-order valence-electron chi connectivity index (χ3n) is 3.71. The van der Waals surface area contributed by atoms with E-state index in [0.717, 1.165) is 17.5 Å². The van der Waals surface area contributed by atoms with Gasteiger partial charge >= 0.3 is 0 Å². The molecule has 2 aromatic carbocycles. The molecule has 0 saturated heterocycles. The lowest BCUT2D eigenvalue weighted by atomic mass is 10.1. The quantitative estimate of drug-likeness (QED) is 0.890. The molecule has 0 unspecified atom stereocenters. The Morgan fingerprint density at radius 1 is 1.09 bits per heavy atom. The molecular weight excluding hydrogens is 294 g/mol. The number of amides is 1. The lowest BCUT2D eigenvalue weighted by Gasteiger charge is -2.19.